The second kappa shape index (κ2) is 9.96. The molecule has 7 heteroatoms. The van der Waals surface area contributed by atoms with Gasteiger partial charge in [-0.3, -0.25) is 9.48 Å². The predicted octanol–water partition coefficient (Wildman–Crippen LogP) is 6.11. The maximum Gasteiger partial charge on any atom is 0.205 e. The highest BCUT2D eigenvalue weighted by atomic mass is 79.9. The summed E-state index contributed by atoms with van der Waals surface area (Å²) in [6.07, 6.45) is 4.95. The second-order valence-corrected chi connectivity index (χ2v) is 7.89. The topological polar surface area (TPSA) is 53.4 Å². The number of rotatable bonds is 8. The number of halogens is 2. The molecule has 3 rings (SSSR count). The Morgan fingerprint density at radius 3 is 2.77 bits per heavy atom. The fourth-order valence-electron chi connectivity index (χ4n) is 2.98. The van der Waals surface area contributed by atoms with Gasteiger partial charge in [-0.2, -0.15) is 5.10 Å². The summed E-state index contributed by atoms with van der Waals surface area (Å²) >= 11 is 9.46. The van der Waals surface area contributed by atoms with Crippen LogP contribution in [0.15, 0.2) is 53.1 Å². The van der Waals surface area contributed by atoms with Crippen molar-refractivity contribution in [1.82, 2.24) is 9.78 Å². The highest BCUT2D eigenvalue weighted by molar-refractivity contribution is 9.10. The average molecular weight is 490 g/mol. The molecule has 0 spiro atoms. The van der Waals surface area contributed by atoms with E-state index in [0.717, 1.165) is 28.2 Å². The van der Waals surface area contributed by atoms with Crippen LogP contribution in [0, 0.1) is 6.92 Å². The molecule has 0 radical (unpaired) electrons. The summed E-state index contributed by atoms with van der Waals surface area (Å²) in [7, 11) is 1.62. The van der Waals surface area contributed by atoms with Crippen molar-refractivity contribution in [3.05, 3.63) is 80.6 Å². The molecule has 3 aromatic rings. The van der Waals surface area contributed by atoms with E-state index in [1.807, 2.05) is 50.2 Å². The molecular weight excluding hydrogens is 468 g/mol. The van der Waals surface area contributed by atoms with Crippen LogP contribution in [0.1, 0.15) is 34.1 Å². The number of aryl methyl sites for hydroxylation is 2. The minimum Gasteiger partial charge on any atom is -0.496 e. The van der Waals surface area contributed by atoms with Crippen molar-refractivity contribution < 1.29 is 14.3 Å². The fourth-order valence-corrected chi connectivity index (χ4v) is 3.59. The monoisotopic (exact) mass is 488 g/mol. The molecule has 156 valence electrons. The molecule has 0 aliphatic heterocycles. The van der Waals surface area contributed by atoms with Gasteiger partial charge in [-0.15, -0.1) is 0 Å². The van der Waals surface area contributed by atoms with Gasteiger partial charge >= 0.3 is 0 Å². The Bertz CT molecular complexity index is 1090. The second-order valence-electron chi connectivity index (χ2n) is 6.63. The standard InChI is InChI=1S/C23H22BrClN2O3/c1-4-27-23(19(24)13-26-27)21(28)9-5-16-6-10-22(29-3)17(12-16)14-30-18-7-8-20(25)15(2)11-18/h5-13H,4,14H2,1-3H3/b9-5+. The van der Waals surface area contributed by atoms with Gasteiger partial charge in [0.05, 0.1) is 17.8 Å². The summed E-state index contributed by atoms with van der Waals surface area (Å²) in [5.41, 5.74) is 3.23. The summed E-state index contributed by atoms with van der Waals surface area (Å²) < 4.78 is 13.7. The van der Waals surface area contributed by atoms with Gasteiger partial charge in [0.1, 0.15) is 23.8 Å². The van der Waals surface area contributed by atoms with Gasteiger partial charge in [-0.25, -0.2) is 0 Å². The first-order chi connectivity index (χ1) is 14.4. The predicted molar refractivity (Wildman–Crippen MR) is 122 cm³/mol. The Hall–Kier alpha value is -2.57. The SMILES string of the molecule is CCn1ncc(Br)c1C(=O)/C=C/c1ccc(OC)c(COc2ccc(Cl)c(C)c2)c1. The third-order valence-electron chi connectivity index (χ3n) is 4.58. The van der Waals surface area contributed by atoms with Gasteiger partial charge in [0.15, 0.2) is 0 Å². The number of carbonyl (C=O) groups is 1. The molecule has 0 N–H and O–H groups in total. The van der Waals surface area contributed by atoms with Gasteiger partial charge in [0, 0.05) is 17.1 Å². The molecule has 2 aromatic carbocycles. The molecule has 0 bridgehead atoms. The molecule has 0 aliphatic carbocycles. The summed E-state index contributed by atoms with van der Waals surface area (Å²) in [5.74, 6) is 1.33. The fraction of sp³-hybridized carbons (Fsp3) is 0.217. The zero-order valence-electron chi connectivity index (χ0n) is 17.0. The first-order valence-corrected chi connectivity index (χ1v) is 10.6. The lowest BCUT2D eigenvalue weighted by Crippen LogP contribution is -2.07. The molecule has 0 amide bonds. The molecule has 5 nitrogen and oxygen atoms in total. The van der Waals surface area contributed by atoms with Gasteiger partial charge in [-0.1, -0.05) is 23.7 Å². The maximum atomic E-state index is 12.6. The molecular formula is C23H22BrClN2O3. The number of nitrogens with zero attached hydrogens (tertiary/aromatic N) is 2. The van der Waals surface area contributed by atoms with Crippen LogP contribution in [0.25, 0.3) is 6.08 Å². The first kappa shape index (κ1) is 22.1. The smallest absolute Gasteiger partial charge is 0.205 e. The zero-order chi connectivity index (χ0) is 21.7. The number of carbonyl (C=O) groups excluding carboxylic acids is 1. The van der Waals surface area contributed by atoms with Crippen molar-refractivity contribution in [2.45, 2.75) is 27.0 Å². The molecule has 1 heterocycles. The summed E-state index contributed by atoms with van der Waals surface area (Å²) in [4.78, 5) is 12.6. The highest BCUT2D eigenvalue weighted by Gasteiger charge is 2.14. The van der Waals surface area contributed by atoms with E-state index in [4.69, 9.17) is 21.1 Å². The van der Waals surface area contributed by atoms with Crippen LogP contribution in [0.4, 0.5) is 0 Å². The van der Waals surface area contributed by atoms with Crippen molar-refractivity contribution in [3.63, 3.8) is 0 Å². The third-order valence-corrected chi connectivity index (χ3v) is 5.59. The van der Waals surface area contributed by atoms with Crippen LogP contribution >= 0.6 is 27.5 Å². The lowest BCUT2D eigenvalue weighted by Gasteiger charge is -2.12. The summed E-state index contributed by atoms with van der Waals surface area (Å²) in [6.45, 7) is 4.82. The quantitative estimate of drug-likeness (QED) is 0.283. The van der Waals surface area contributed by atoms with Crippen molar-refractivity contribution in [2.75, 3.05) is 7.11 Å². The Morgan fingerprint density at radius 1 is 1.27 bits per heavy atom. The van der Waals surface area contributed by atoms with Crippen LogP contribution in [0.5, 0.6) is 11.5 Å². The third kappa shape index (κ3) is 5.12. The molecule has 30 heavy (non-hydrogen) atoms. The lowest BCUT2D eigenvalue weighted by atomic mass is 10.1. The maximum absolute atomic E-state index is 12.6. The van der Waals surface area contributed by atoms with Crippen molar-refractivity contribution in [1.29, 1.82) is 0 Å². The molecule has 0 saturated carbocycles. The van der Waals surface area contributed by atoms with E-state index in [2.05, 4.69) is 21.0 Å². The summed E-state index contributed by atoms with van der Waals surface area (Å²) in [6, 6.07) is 11.2. The summed E-state index contributed by atoms with van der Waals surface area (Å²) in [5, 5.41) is 4.89. The molecule has 0 unspecified atom stereocenters. The van der Waals surface area contributed by atoms with Gasteiger partial charge < -0.3 is 9.47 Å². The Labute approximate surface area is 189 Å². The van der Waals surface area contributed by atoms with Crippen LogP contribution in [-0.2, 0) is 13.2 Å². The Morgan fingerprint density at radius 2 is 2.07 bits per heavy atom. The van der Waals surface area contributed by atoms with Crippen LogP contribution < -0.4 is 9.47 Å². The number of ether oxygens (including phenoxy) is 2. The van der Waals surface area contributed by atoms with Crippen molar-refractivity contribution in [2.24, 2.45) is 0 Å². The molecule has 0 saturated heterocycles. The largest absolute Gasteiger partial charge is 0.496 e. The average Bonchev–Trinajstić information content (AvgIpc) is 3.13. The first-order valence-electron chi connectivity index (χ1n) is 9.42. The van der Waals surface area contributed by atoms with Crippen molar-refractivity contribution in [3.8, 4) is 11.5 Å². The van der Waals surface area contributed by atoms with Crippen LogP contribution in [0.2, 0.25) is 5.02 Å². The van der Waals surface area contributed by atoms with E-state index in [1.165, 1.54) is 0 Å². The zero-order valence-corrected chi connectivity index (χ0v) is 19.3. The Kier molecular flexibility index (Phi) is 7.34. The number of ketones is 1. The van der Waals surface area contributed by atoms with E-state index < -0.39 is 0 Å². The molecule has 0 atom stereocenters. The molecule has 0 aliphatic rings. The number of methoxy groups -OCH3 is 1. The highest BCUT2D eigenvalue weighted by Crippen LogP contribution is 2.25. The number of hydrogen-bond acceptors (Lipinski definition) is 4. The van der Waals surface area contributed by atoms with Gasteiger partial charge in [0.25, 0.3) is 0 Å². The Balaban J connectivity index is 1.78. The number of aromatic nitrogens is 2. The molecule has 0 fully saturated rings. The normalized spacial score (nSPS) is 11.1. The van der Waals surface area contributed by atoms with Crippen molar-refractivity contribution >= 4 is 39.4 Å². The van der Waals surface area contributed by atoms with Gasteiger partial charge in [0.2, 0.25) is 5.78 Å². The minimum atomic E-state index is -0.119. The van der Waals surface area contributed by atoms with E-state index in [-0.39, 0.29) is 5.78 Å². The van der Waals surface area contributed by atoms with Crippen LogP contribution in [-0.4, -0.2) is 22.7 Å². The number of allylic oxidation sites excluding steroid dienone is 1. The van der Waals surface area contributed by atoms with E-state index in [0.29, 0.717) is 28.3 Å². The minimum absolute atomic E-state index is 0.119. The van der Waals surface area contributed by atoms with E-state index >= 15 is 0 Å². The number of benzene rings is 2. The number of hydrogen-bond donors (Lipinski definition) is 0. The van der Waals surface area contributed by atoms with E-state index in [1.54, 1.807) is 30.1 Å². The molecule has 1 aromatic heterocycles. The van der Waals surface area contributed by atoms with Crippen LogP contribution in [0.3, 0.4) is 0 Å². The van der Waals surface area contributed by atoms with E-state index in [9.17, 15) is 4.79 Å². The lowest BCUT2D eigenvalue weighted by molar-refractivity contribution is 0.103. The van der Waals surface area contributed by atoms with Gasteiger partial charge in [-0.05, 0) is 77.3 Å².